The summed E-state index contributed by atoms with van der Waals surface area (Å²) < 4.78 is 0. The van der Waals surface area contributed by atoms with Gasteiger partial charge in [0.05, 0.1) is 29.1 Å². The number of likely N-dealkylation sites (N-methyl/N-ethyl adjacent to an activating group) is 1. The summed E-state index contributed by atoms with van der Waals surface area (Å²) in [6.07, 6.45) is 1.60. The van der Waals surface area contributed by atoms with Gasteiger partial charge in [-0.3, -0.25) is 9.69 Å². The predicted octanol–water partition coefficient (Wildman–Crippen LogP) is 2.38. The number of aryl methyl sites for hydroxylation is 1. The fraction of sp³-hybridized carbons (Fsp3) is 0.292. The summed E-state index contributed by atoms with van der Waals surface area (Å²) in [6.45, 7) is 6.62. The molecule has 2 aromatic heterocycles. The number of amides is 1. The number of H-pyrrole nitrogens is 1. The normalized spacial score (nSPS) is 14.6. The molecule has 0 aliphatic carbocycles. The number of aromatic amines is 1. The standard InChI is InChI=1S/C24H26ClN7O/c1-15-5-6-17(25)12-18(15)22-19(23(26)33)13-20(29-22)21-16(14-28-24(27)30-21)4-3-7-32-10-8-31(2)9-11-32/h5-6,12-14,29H,7-11H2,1-2H3,(H2,26,33)(H2,27,28,30). The predicted molar refractivity (Wildman–Crippen MR) is 131 cm³/mol. The summed E-state index contributed by atoms with van der Waals surface area (Å²) in [6, 6.07) is 7.16. The third kappa shape index (κ3) is 5.17. The van der Waals surface area contributed by atoms with Gasteiger partial charge < -0.3 is 21.4 Å². The molecule has 1 saturated heterocycles. The molecule has 1 amide bonds. The molecule has 3 aromatic rings. The van der Waals surface area contributed by atoms with E-state index in [-0.39, 0.29) is 5.95 Å². The van der Waals surface area contributed by atoms with Crippen LogP contribution in [0.25, 0.3) is 22.6 Å². The number of rotatable bonds is 4. The van der Waals surface area contributed by atoms with Crippen LogP contribution in [0.5, 0.6) is 0 Å². The first-order valence-corrected chi connectivity index (χ1v) is 11.0. The lowest BCUT2D eigenvalue weighted by atomic mass is 10.0. The van der Waals surface area contributed by atoms with Gasteiger partial charge in [-0.2, -0.15) is 0 Å². The Morgan fingerprint density at radius 3 is 2.73 bits per heavy atom. The minimum Gasteiger partial charge on any atom is -0.368 e. The lowest BCUT2D eigenvalue weighted by molar-refractivity contribution is 0.100. The average Bonchev–Trinajstić information content (AvgIpc) is 3.23. The highest BCUT2D eigenvalue weighted by Gasteiger charge is 2.20. The highest BCUT2D eigenvalue weighted by molar-refractivity contribution is 6.31. The van der Waals surface area contributed by atoms with E-state index in [4.69, 9.17) is 23.1 Å². The van der Waals surface area contributed by atoms with Gasteiger partial charge in [-0.05, 0) is 37.7 Å². The Bertz CT molecular complexity index is 1250. The molecule has 9 heteroatoms. The number of carbonyl (C=O) groups is 1. The first-order chi connectivity index (χ1) is 15.8. The van der Waals surface area contributed by atoms with Crippen molar-refractivity contribution in [2.75, 3.05) is 45.5 Å². The third-order valence-electron chi connectivity index (χ3n) is 5.74. The van der Waals surface area contributed by atoms with Gasteiger partial charge in [0.2, 0.25) is 5.95 Å². The van der Waals surface area contributed by atoms with Crippen LogP contribution >= 0.6 is 11.6 Å². The maximum atomic E-state index is 12.2. The van der Waals surface area contributed by atoms with E-state index in [1.54, 1.807) is 24.4 Å². The number of primary amides is 1. The maximum absolute atomic E-state index is 12.2. The Balaban J connectivity index is 1.71. The smallest absolute Gasteiger partial charge is 0.250 e. The maximum Gasteiger partial charge on any atom is 0.250 e. The largest absolute Gasteiger partial charge is 0.368 e. The molecule has 0 unspecified atom stereocenters. The van der Waals surface area contributed by atoms with E-state index in [2.05, 4.69) is 43.6 Å². The molecular weight excluding hydrogens is 438 g/mol. The highest BCUT2D eigenvalue weighted by atomic mass is 35.5. The van der Waals surface area contributed by atoms with Crippen LogP contribution in [-0.2, 0) is 0 Å². The Hall–Kier alpha value is -3.38. The Morgan fingerprint density at radius 2 is 2.00 bits per heavy atom. The van der Waals surface area contributed by atoms with Gasteiger partial charge in [-0.1, -0.05) is 29.5 Å². The number of carbonyl (C=O) groups excluding carboxylic acids is 1. The van der Waals surface area contributed by atoms with Crippen LogP contribution in [0.3, 0.4) is 0 Å². The molecule has 33 heavy (non-hydrogen) atoms. The van der Waals surface area contributed by atoms with Crippen LogP contribution in [-0.4, -0.2) is 70.4 Å². The zero-order valence-electron chi connectivity index (χ0n) is 18.7. The van der Waals surface area contributed by atoms with Crippen LogP contribution in [0.4, 0.5) is 5.95 Å². The molecule has 1 aliphatic heterocycles. The summed E-state index contributed by atoms with van der Waals surface area (Å²) in [4.78, 5) is 28.6. The van der Waals surface area contributed by atoms with Gasteiger partial charge >= 0.3 is 0 Å². The van der Waals surface area contributed by atoms with Crippen LogP contribution in [0.1, 0.15) is 21.5 Å². The van der Waals surface area contributed by atoms with Crippen molar-refractivity contribution in [2.45, 2.75) is 6.92 Å². The molecule has 5 N–H and O–H groups in total. The Morgan fingerprint density at radius 1 is 1.24 bits per heavy atom. The summed E-state index contributed by atoms with van der Waals surface area (Å²) >= 11 is 6.21. The topological polar surface area (TPSA) is 117 Å². The number of nitrogen functional groups attached to an aromatic ring is 1. The van der Waals surface area contributed by atoms with E-state index >= 15 is 0 Å². The van der Waals surface area contributed by atoms with Gasteiger partial charge in [0.1, 0.15) is 5.69 Å². The van der Waals surface area contributed by atoms with Gasteiger partial charge in [0, 0.05) is 43.0 Å². The third-order valence-corrected chi connectivity index (χ3v) is 5.97. The van der Waals surface area contributed by atoms with Gasteiger partial charge in [0.15, 0.2) is 0 Å². The Labute approximate surface area is 198 Å². The molecule has 3 heterocycles. The van der Waals surface area contributed by atoms with E-state index in [9.17, 15) is 4.79 Å². The quantitative estimate of drug-likeness (QED) is 0.511. The summed E-state index contributed by atoms with van der Waals surface area (Å²) in [7, 11) is 2.12. The number of benzene rings is 1. The van der Waals surface area contributed by atoms with Crippen LogP contribution in [0, 0.1) is 18.8 Å². The number of piperazine rings is 1. The SMILES string of the molecule is Cc1ccc(Cl)cc1-c1[nH]c(-c2nc(N)ncc2C#CCN2CCN(C)CC2)cc1C(N)=O. The molecular formula is C24H26ClN7O. The summed E-state index contributed by atoms with van der Waals surface area (Å²) in [5, 5.41) is 0.559. The minimum absolute atomic E-state index is 0.116. The van der Waals surface area contributed by atoms with Crippen LogP contribution in [0.2, 0.25) is 5.02 Å². The minimum atomic E-state index is -0.559. The molecule has 8 nitrogen and oxygen atoms in total. The second-order valence-electron chi connectivity index (χ2n) is 8.17. The second-order valence-corrected chi connectivity index (χ2v) is 8.60. The van der Waals surface area contributed by atoms with Crippen molar-refractivity contribution in [3.63, 3.8) is 0 Å². The Kier molecular flexibility index (Phi) is 6.65. The van der Waals surface area contributed by atoms with E-state index in [1.165, 1.54) is 0 Å². The number of hydrogen-bond acceptors (Lipinski definition) is 6. The first kappa shape index (κ1) is 22.8. The second kappa shape index (κ2) is 9.63. The molecule has 0 atom stereocenters. The number of anilines is 1. The zero-order valence-corrected chi connectivity index (χ0v) is 19.4. The number of nitrogens with zero attached hydrogens (tertiary/aromatic N) is 4. The lowest BCUT2D eigenvalue weighted by Crippen LogP contribution is -2.44. The zero-order chi connectivity index (χ0) is 23.5. The molecule has 0 radical (unpaired) electrons. The fourth-order valence-corrected chi connectivity index (χ4v) is 3.97. The van der Waals surface area contributed by atoms with Gasteiger partial charge in [-0.15, -0.1) is 0 Å². The molecule has 4 rings (SSSR count). The monoisotopic (exact) mass is 463 g/mol. The number of nitrogens with two attached hydrogens (primary N) is 2. The number of hydrogen-bond donors (Lipinski definition) is 3. The van der Waals surface area contributed by atoms with Crippen molar-refractivity contribution in [3.8, 4) is 34.5 Å². The van der Waals surface area contributed by atoms with E-state index in [0.29, 0.717) is 39.8 Å². The van der Waals surface area contributed by atoms with Crippen LogP contribution in [0.15, 0.2) is 30.5 Å². The van der Waals surface area contributed by atoms with Crippen molar-refractivity contribution in [1.82, 2.24) is 24.8 Å². The van der Waals surface area contributed by atoms with Crippen molar-refractivity contribution in [3.05, 3.63) is 52.2 Å². The highest BCUT2D eigenvalue weighted by Crippen LogP contribution is 2.32. The number of aromatic nitrogens is 3. The number of nitrogens with one attached hydrogen (secondary N) is 1. The number of halogens is 1. The lowest BCUT2D eigenvalue weighted by Gasteiger charge is -2.30. The molecule has 170 valence electrons. The van der Waals surface area contributed by atoms with E-state index < -0.39 is 5.91 Å². The molecule has 0 spiro atoms. The van der Waals surface area contributed by atoms with E-state index in [1.807, 2.05) is 13.0 Å². The van der Waals surface area contributed by atoms with Crippen LogP contribution < -0.4 is 11.5 Å². The molecule has 1 aromatic carbocycles. The van der Waals surface area contributed by atoms with Crippen molar-refractivity contribution in [1.29, 1.82) is 0 Å². The van der Waals surface area contributed by atoms with E-state index in [0.717, 1.165) is 37.3 Å². The van der Waals surface area contributed by atoms with Crippen molar-refractivity contribution >= 4 is 23.5 Å². The summed E-state index contributed by atoms with van der Waals surface area (Å²) in [5.41, 5.74) is 15.9. The average molecular weight is 464 g/mol. The van der Waals surface area contributed by atoms with Gasteiger partial charge in [-0.25, -0.2) is 9.97 Å². The van der Waals surface area contributed by atoms with Gasteiger partial charge in [0.25, 0.3) is 5.91 Å². The molecule has 0 saturated carbocycles. The molecule has 0 bridgehead atoms. The van der Waals surface area contributed by atoms with Crippen molar-refractivity contribution in [2.24, 2.45) is 5.73 Å². The van der Waals surface area contributed by atoms with Crippen molar-refractivity contribution < 1.29 is 4.79 Å². The molecule has 1 fully saturated rings. The summed E-state index contributed by atoms with van der Waals surface area (Å²) in [5.74, 6) is 5.95. The first-order valence-electron chi connectivity index (χ1n) is 10.6. The fourth-order valence-electron chi connectivity index (χ4n) is 3.80. The molecule has 1 aliphatic rings.